The van der Waals surface area contributed by atoms with Crippen molar-refractivity contribution in [3.63, 3.8) is 0 Å². The van der Waals surface area contributed by atoms with Crippen LogP contribution in [0.1, 0.15) is 51.5 Å². The predicted octanol–water partition coefficient (Wildman–Crippen LogP) is -0.280. The number of halogens is 1. The molecule has 1 amide bonds. The molecule has 2 saturated heterocycles. The van der Waals surface area contributed by atoms with Gasteiger partial charge in [0.15, 0.2) is 0 Å². The van der Waals surface area contributed by atoms with Crippen molar-refractivity contribution >= 4 is 17.5 Å². The van der Waals surface area contributed by atoms with E-state index in [-0.39, 0.29) is 17.5 Å². The van der Waals surface area contributed by atoms with Gasteiger partial charge in [-0.1, -0.05) is 18.0 Å². The molecule has 1 aromatic heterocycles. The molecule has 2 fully saturated rings. The van der Waals surface area contributed by atoms with Crippen molar-refractivity contribution < 1.29 is 14.6 Å². The predicted molar refractivity (Wildman–Crippen MR) is 116 cm³/mol. The first-order valence-electron chi connectivity index (χ1n) is 10.7. The zero-order chi connectivity index (χ0) is 22.8. The van der Waals surface area contributed by atoms with E-state index in [1.54, 1.807) is 11.8 Å². The second-order valence-corrected chi connectivity index (χ2v) is 9.31. The lowest BCUT2D eigenvalue weighted by Crippen LogP contribution is -2.60. The molecule has 0 radical (unpaired) electrons. The van der Waals surface area contributed by atoms with Crippen LogP contribution in [0.25, 0.3) is 0 Å². The van der Waals surface area contributed by atoms with Crippen LogP contribution in [0.2, 0.25) is 5.02 Å². The highest BCUT2D eigenvalue weighted by atomic mass is 35.5. The van der Waals surface area contributed by atoms with Crippen molar-refractivity contribution in [2.45, 2.75) is 68.7 Å². The molecule has 10 nitrogen and oxygen atoms in total. The molecule has 11 heteroatoms. The van der Waals surface area contributed by atoms with Gasteiger partial charge in [-0.3, -0.25) is 19.1 Å². The molecule has 2 aliphatic rings. The van der Waals surface area contributed by atoms with E-state index < -0.39 is 34.5 Å². The normalized spacial score (nSPS) is 26.7. The zero-order valence-electron chi connectivity index (χ0n) is 17.8. The highest BCUT2D eigenvalue weighted by Gasteiger charge is 2.50. The summed E-state index contributed by atoms with van der Waals surface area (Å²) in [7, 11) is 0. The van der Waals surface area contributed by atoms with Gasteiger partial charge in [-0.15, -0.1) is 0 Å². The first-order chi connectivity index (χ1) is 14.6. The standard InChI is InChI=1S/C20H32ClN5O5/c1-19(30)12-20(31-11-15(19)26-10-13(21)16(27)24-18(26)29)5-8-25(9-6-20)17(28)14(23)4-2-3-7-22/h10,14-15,30H,2-9,11-12,22-23H2,1H3,(H,24,27,29)/t14-,15+,19+/m1/s1. The van der Waals surface area contributed by atoms with E-state index in [9.17, 15) is 19.5 Å². The molecule has 1 aromatic rings. The van der Waals surface area contributed by atoms with Gasteiger partial charge >= 0.3 is 5.69 Å². The molecular weight excluding hydrogens is 426 g/mol. The Bertz CT molecular complexity index is 906. The minimum Gasteiger partial charge on any atom is -0.388 e. The molecule has 0 aliphatic carbocycles. The second kappa shape index (κ2) is 9.41. The smallest absolute Gasteiger partial charge is 0.328 e. The van der Waals surface area contributed by atoms with Gasteiger partial charge in [0.2, 0.25) is 5.91 Å². The maximum Gasteiger partial charge on any atom is 0.328 e. The van der Waals surface area contributed by atoms with Crippen LogP contribution >= 0.6 is 11.6 Å². The van der Waals surface area contributed by atoms with Crippen LogP contribution in [0.5, 0.6) is 0 Å². The molecule has 2 aliphatic heterocycles. The molecule has 3 rings (SSSR count). The Labute approximate surface area is 185 Å². The summed E-state index contributed by atoms with van der Waals surface area (Å²) in [5.74, 6) is -0.0678. The average molecular weight is 458 g/mol. The number of amides is 1. The average Bonchev–Trinajstić information content (AvgIpc) is 2.71. The first-order valence-corrected chi connectivity index (χ1v) is 11.1. The fourth-order valence-corrected chi connectivity index (χ4v) is 4.80. The number of nitrogens with one attached hydrogen (secondary N) is 1. The summed E-state index contributed by atoms with van der Waals surface area (Å²) < 4.78 is 7.38. The molecule has 6 N–H and O–H groups in total. The lowest BCUT2D eigenvalue weighted by atomic mass is 9.75. The summed E-state index contributed by atoms with van der Waals surface area (Å²) in [4.78, 5) is 40.3. The lowest BCUT2D eigenvalue weighted by Gasteiger charge is -2.51. The zero-order valence-corrected chi connectivity index (χ0v) is 18.6. The molecule has 3 heterocycles. The van der Waals surface area contributed by atoms with E-state index in [4.69, 9.17) is 27.8 Å². The minimum absolute atomic E-state index is 0.0678. The van der Waals surface area contributed by atoms with Crippen LogP contribution in [0.3, 0.4) is 0 Å². The first kappa shape index (κ1) is 23.9. The Morgan fingerprint density at radius 3 is 2.68 bits per heavy atom. The number of H-pyrrole nitrogens is 1. The van der Waals surface area contributed by atoms with Gasteiger partial charge in [-0.25, -0.2) is 4.79 Å². The highest BCUT2D eigenvalue weighted by molar-refractivity contribution is 6.30. The lowest BCUT2D eigenvalue weighted by molar-refractivity contribution is -0.198. The van der Waals surface area contributed by atoms with Crippen molar-refractivity contribution in [1.29, 1.82) is 0 Å². The minimum atomic E-state index is -1.27. The summed E-state index contributed by atoms with van der Waals surface area (Å²) in [6, 6.07) is -1.23. The summed E-state index contributed by atoms with van der Waals surface area (Å²) >= 11 is 5.87. The van der Waals surface area contributed by atoms with Crippen LogP contribution < -0.4 is 22.7 Å². The molecule has 0 aromatic carbocycles. The van der Waals surface area contributed by atoms with Gasteiger partial charge in [-0.2, -0.15) is 0 Å². The number of hydrogen-bond donors (Lipinski definition) is 4. The largest absolute Gasteiger partial charge is 0.388 e. The van der Waals surface area contributed by atoms with Crippen molar-refractivity contribution in [1.82, 2.24) is 14.5 Å². The molecule has 31 heavy (non-hydrogen) atoms. The number of carbonyl (C=O) groups is 1. The van der Waals surface area contributed by atoms with E-state index in [0.717, 1.165) is 12.8 Å². The Kier molecular flexibility index (Phi) is 7.27. The Hall–Kier alpha value is -1.72. The quantitative estimate of drug-likeness (QED) is 0.428. The van der Waals surface area contributed by atoms with Crippen LogP contribution in [0.15, 0.2) is 15.8 Å². The number of aliphatic hydroxyl groups is 1. The van der Waals surface area contributed by atoms with E-state index in [1.165, 1.54) is 10.8 Å². The maximum absolute atomic E-state index is 12.6. The maximum atomic E-state index is 12.6. The number of ether oxygens (including phenoxy) is 1. The fraction of sp³-hybridized carbons (Fsp3) is 0.750. The number of nitrogens with zero attached hydrogens (tertiary/aromatic N) is 2. The number of aromatic amines is 1. The number of carbonyl (C=O) groups excluding carboxylic acids is 1. The van der Waals surface area contributed by atoms with Gasteiger partial charge in [0, 0.05) is 25.7 Å². The van der Waals surface area contributed by atoms with Crippen LogP contribution in [0.4, 0.5) is 0 Å². The molecule has 3 atom stereocenters. The number of aromatic nitrogens is 2. The Balaban J connectivity index is 1.64. The molecular formula is C20H32ClN5O5. The second-order valence-electron chi connectivity index (χ2n) is 8.90. The van der Waals surface area contributed by atoms with Crippen molar-refractivity contribution in [3.05, 3.63) is 32.1 Å². The molecule has 0 saturated carbocycles. The SMILES string of the molecule is C[C@]1(O)CC2(CCN(C(=O)[C@H](N)CCCCN)CC2)OC[C@@H]1n1cc(Cl)c(=O)[nH]c1=O. The Morgan fingerprint density at radius 2 is 2.06 bits per heavy atom. The molecule has 0 bridgehead atoms. The number of rotatable bonds is 6. The van der Waals surface area contributed by atoms with Gasteiger partial charge in [0.25, 0.3) is 5.56 Å². The third-order valence-corrected chi connectivity index (χ3v) is 6.75. The molecule has 1 spiro atoms. The van der Waals surface area contributed by atoms with E-state index in [1.807, 2.05) is 0 Å². The summed E-state index contributed by atoms with van der Waals surface area (Å²) in [5.41, 5.74) is 8.36. The van der Waals surface area contributed by atoms with E-state index >= 15 is 0 Å². The van der Waals surface area contributed by atoms with Gasteiger partial charge in [-0.05, 0) is 39.2 Å². The van der Waals surface area contributed by atoms with Crippen LogP contribution in [0, 0.1) is 0 Å². The molecule has 174 valence electrons. The number of piperidine rings is 1. The van der Waals surface area contributed by atoms with Crippen molar-refractivity contribution in [3.8, 4) is 0 Å². The summed E-state index contributed by atoms with van der Waals surface area (Å²) in [6.45, 7) is 3.31. The monoisotopic (exact) mass is 457 g/mol. The van der Waals surface area contributed by atoms with Crippen molar-refractivity contribution in [2.24, 2.45) is 11.5 Å². The van der Waals surface area contributed by atoms with Crippen molar-refractivity contribution in [2.75, 3.05) is 26.2 Å². The third kappa shape index (κ3) is 5.20. The number of unbranched alkanes of at least 4 members (excludes halogenated alkanes) is 1. The fourth-order valence-electron chi connectivity index (χ4n) is 4.65. The number of hydrogen-bond acceptors (Lipinski definition) is 7. The summed E-state index contributed by atoms with van der Waals surface area (Å²) in [6.07, 6.45) is 4.94. The van der Waals surface area contributed by atoms with E-state index in [2.05, 4.69) is 4.98 Å². The summed E-state index contributed by atoms with van der Waals surface area (Å²) in [5, 5.41) is 11.1. The van der Waals surface area contributed by atoms with Crippen LogP contribution in [-0.2, 0) is 9.53 Å². The molecule has 0 unspecified atom stereocenters. The van der Waals surface area contributed by atoms with Crippen LogP contribution in [-0.4, -0.2) is 68.9 Å². The van der Waals surface area contributed by atoms with E-state index in [0.29, 0.717) is 45.3 Å². The number of likely N-dealkylation sites (tertiary alicyclic amines) is 1. The number of nitrogens with two attached hydrogens (primary N) is 2. The van der Waals surface area contributed by atoms with Gasteiger partial charge in [0.05, 0.1) is 29.9 Å². The highest BCUT2D eigenvalue weighted by Crippen LogP contribution is 2.43. The van der Waals surface area contributed by atoms with Gasteiger partial charge in [0.1, 0.15) is 5.02 Å². The topological polar surface area (TPSA) is 157 Å². The third-order valence-electron chi connectivity index (χ3n) is 6.48. The van der Waals surface area contributed by atoms with Gasteiger partial charge < -0.3 is 26.2 Å². The Morgan fingerprint density at radius 1 is 1.39 bits per heavy atom.